The molecule has 0 bridgehead atoms. The van der Waals surface area contributed by atoms with Crippen LogP contribution < -0.4 is 5.32 Å². The van der Waals surface area contributed by atoms with Crippen LogP contribution in [0.3, 0.4) is 0 Å². The van der Waals surface area contributed by atoms with Gasteiger partial charge in [0.2, 0.25) is 5.91 Å². The summed E-state index contributed by atoms with van der Waals surface area (Å²) in [6, 6.07) is 13.2. The van der Waals surface area contributed by atoms with E-state index >= 15 is 0 Å². The maximum absolute atomic E-state index is 13.0. The van der Waals surface area contributed by atoms with Crippen LogP contribution in [0.2, 0.25) is 0 Å². The lowest BCUT2D eigenvalue weighted by atomic mass is 10.1. The zero-order valence-electron chi connectivity index (χ0n) is 16.3. The summed E-state index contributed by atoms with van der Waals surface area (Å²) >= 11 is 4.53. The smallest absolute Gasteiger partial charge is 0.251 e. The number of benzene rings is 2. The van der Waals surface area contributed by atoms with Crippen molar-refractivity contribution < 1.29 is 14.4 Å². The van der Waals surface area contributed by atoms with Gasteiger partial charge in [-0.3, -0.25) is 14.5 Å². The lowest BCUT2D eigenvalue weighted by molar-refractivity contribution is -0.145. The number of rotatable bonds is 6. The number of anilines is 1. The lowest BCUT2D eigenvalue weighted by Gasteiger charge is -2.27. The van der Waals surface area contributed by atoms with Gasteiger partial charge in [0.15, 0.2) is 6.10 Å². The third kappa shape index (κ3) is 4.14. The molecule has 0 fully saturated rings. The summed E-state index contributed by atoms with van der Waals surface area (Å²) in [5.41, 5.74) is 1.68. The monoisotopic (exact) mass is 399 g/mol. The fourth-order valence-corrected chi connectivity index (χ4v) is 3.68. The van der Waals surface area contributed by atoms with Gasteiger partial charge in [0.25, 0.3) is 5.91 Å². The van der Waals surface area contributed by atoms with Crippen LogP contribution >= 0.6 is 12.6 Å². The maximum atomic E-state index is 13.0. The first-order valence-corrected chi connectivity index (χ1v) is 9.91. The van der Waals surface area contributed by atoms with Crippen LogP contribution in [0, 0.1) is 0 Å². The average Bonchev–Trinajstić information content (AvgIpc) is 3.05. The van der Waals surface area contributed by atoms with Gasteiger partial charge in [-0.1, -0.05) is 48.5 Å². The molecule has 3 atom stereocenters. The molecule has 1 N–H and O–H groups in total. The van der Waals surface area contributed by atoms with Gasteiger partial charge < -0.3 is 10.2 Å². The molecule has 2 amide bonds. The molecule has 148 valence electrons. The number of imide groups is 1. The summed E-state index contributed by atoms with van der Waals surface area (Å²) in [4.78, 5) is 31.8. The minimum absolute atomic E-state index is 0.122. The first kappa shape index (κ1) is 20.2. The first-order valence-electron chi connectivity index (χ1n) is 9.39. The molecule has 0 saturated carbocycles. The number of hydrogen-bond acceptors (Lipinski definition) is 6. The van der Waals surface area contributed by atoms with Crippen molar-refractivity contribution in [2.45, 2.75) is 44.6 Å². The Balaban J connectivity index is 1.73. The summed E-state index contributed by atoms with van der Waals surface area (Å²) in [5, 5.41) is 9.14. The standard InChI is InChI=1S/C21H25N3O3S/c1-4-17-20(28)19(27-23-17)12-24(14(3)25)21(26)13(2)22-18-11-7-9-15-8-5-6-10-16(15)18/h5-11,13,19-20,22,28H,4,12H2,1-3H3/t13-,19?,20?/m0/s1. The minimum atomic E-state index is -0.582. The van der Waals surface area contributed by atoms with Crippen molar-refractivity contribution in [2.24, 2.45) is 5.16 Å². The largest absolute Gasteiger partial charge is 0.389 e. The molecule has 3 rings (SSSR count). The van der Waals surface area contributed by atoms with Crippen molar-refractivity contribution in [3.63, 3.8) is 0 Å². The molecule has 28 heavy (non-hydrogen) atoms. The van der Waals surface area contributed by atoms with Gasteiger partial charge in [-0.05, 0) is 24.8 Å². The molecule has 0 radical (unpaired) electrons. The summed E-state index contributed by atoms with van der Waals surface area (Å²) < 4.78 is 0. The molecule has 0 aliphatic carbocycles. The number of thiol groups is 1. The molecular weight excluding hydrogens is 374 g/mol. The van der Waals surface area contributed by atoms with Crippen molar-refractivity contribution in [1.82, 2.24) is 4.90 Å². The van der Waals surface area contributed by atoms with Crippen molar-refractivity contribution in [1.29, 1.82) is 0 Å². The zero-order chi connectivity index (χ0) is 20.3. The summed E-state index contributed by atoms with van der Waals surface area (Å²) in [5.74, 6) is -0.639. The van der Waals surface area contributed by atoms with Crippen molar-refractivity contribution >= 4 is 46.6 Å². The molecule has 1 heterocycles. The van der Waals surface area contributed by atoms with Crippen LogP contribution in [0.4, 0.5) is 5.69 Å². The predicted molar refractivity (Wildman–Crippen MR) is 115 cm³/mol. The van der Waals surface area contributed by atoms with Crippen LogP contribution in [0.5, 0.6) is 0 Å². The molecular formula is C21H25N3O3S. The van der Waals surface area contributed by atoms with Crippen LogP contribution in [0.15, 0.2) is 47.6 Å². The quantitative estimate of drug-likeness (QED) is 0.730. The molecule has 6 nitrogen and oxygen atoms in total. The Labute approximate surface area is 170 Å². The summed E-state index contributed by atoms with van der Waals surface area (Å²) in [6.45, 7) is 5.23. The van der Waals surface area contributed by atoms with E-state index in [1.165, 1.54) is 11.8 Å². The van der Waals surface area contributed by atoms with E-state index < -0.39 is 12.1 Å². The number of amides is 2. The molecule has 7 heteroatoms. The van der Waals surface area contributed by atoms with Crippen molar-refractivity contribution in [3.05, 3.63) is 42.5 Å². The second-order valence-corrected chi connectivity index (χ2v) is 7.44. The highest BCUT2D eigenvalue weighted by atomic mass is 32.1. The zero-order valence-corrected chi connectivity index (χ0v) is 17.1. The van der Waals surface area contributed by atoms with Gasteiger partial charge in [0.1, 0.15) is 6.04 Å². The van der Waals surface area contributed by atoms with Crippen molar-refractivity contribution in [3.8, 4) is 0 Å². The van der Waals surface area contributed by atoms with Gasteiger partial charge >= 0.3 is 0 Å². The average molecular weight is 400 g/mol. The number of nitrogens with one attached hydrogen (secondary N) is 1. The Morgan fingerprint density at radius 3 is 2.64 bits per heavy atom. The second-order valence-electron chi connectivity index (χ2n) is 6.89. The van der Waals surface area contributed by atoms with E-state index in [9.17, 15) is 9.59 Å². The topological polar surface area (TPSA) is 71.0 Å². The Kier molecular flexibility index (Phi) is 6.24. The summed E-state index contributed by atoms with van der Waals surface area (Å²) in [6.07, 6.45) is 0.286. The fourth-order valence-electron chi connectivity index (χ4n) is 3.30. The fraction of sp³-hybridized carbons (Fsp3) is 0.381. The first-order chi connectivity index (χ1) is 13.4. The molecule has 1 aliphatic rings. The van der Waals surface area contributed by atoms with Gasteiger partial charge in [-0.2, -0.15) is 12.6 Å². The van der Waals surface area contributed by atoms with E-state index in [1.807, 2.05) is 49.4 Å². The van der Waals surface area contributed by atoms with E-state index in [0.717, 1.165) is 28.6 Å². The number of carbonyl (C=O) groups is 2. The van der Waals surface area contributed by atoms with Gasteiger partial charge in [0, 0.05) is 18.0 Å². The van der Waals surface area contributed by atoms with Gasteiger partial charge in [-0.15, -0.1) is 0 Å². The van der Waals surface area contributed by atoms with Crippen LogP contribution in [0.1, 0.15) is 27.2 Å². The number of hydrogen-bond donors (Lipinski definition) is 2. The van der Waals surface area contributed by atoms with Crippen LogP contribution in [-0.2, 0) is 14.4 Å². The van der Waals surface area contributed by atoms with Gasteiger partial charge in [-0.25, -0.2) is 0 Å². The number of oxime groups is 1. The Hall–Kier alpha value is -2.54. The van der Waals surface area contributed by atoms with E-state index in [4.69, 9.17) is 4.84 Å². The highest BCUT2D eigenvalue weighted by Crippen LogP contribution is 2.24. The van der Waals surface area contributed by atoms with E-state index in [-0.39, 0.29) is 23.6 Å². The van der Waals surface area contributed by atoms with E-state index in [0.29, 0.717) is 0 Å². The van der Waals surface area contributed by atoms with E-state index in [2.05, 4.69) is 23.1 Å². The van der Waals surface area contributed by atoms with E-state index in [1.54, 1.807) is 6.92 Å². The number of nitrogens with zero attached hydrogens (tertiary/aromatic N) is 2. The molecule has 1 aliphatic heterocycles. The highest BCUT2D eigenvalue weighted by molar-refractivity contribution is 7.82. The summed E-state index contributed by atoms with van der Waals surface area (Å²) in [7, 11) is 0. The molecule has 0 saturated heterocycles. The third-order valence-electron chi connectivity index (χ3n) is 4.90. The molecule has 2 unspecified atom stereocenters. The second kappa shape index (κ2) is 8.65. The predicted octanol–water partition coefficient (Wildman–Crippen LogP) is 3.48. The maximum Gasteiger partial charge on any atom is 0.251 e. The highest BCUT2D eigenvalue weighted by Gasteiger charge is 2.35. The molecule has 0 spiro atoms. The van der Waals surface area contributed by atoms with Crippen LogP contribution in [-0.4, -0.2) is 46.4 Å². The third-order valence-corrected chi connectivity index (χ3v) is 5.53. The Morgan fingerprint density at radius 2 is 1.96 bits per heavy atom. The Morgan fingerprint density at radius 1 is 1.25 bits per heavy atom. The lowest BCUT2D eigenvalue weighted by Crippen LogP contribution is -2.48. The number of fused-ring (bicyclic) bond motifs is 1. The Bertz CT molecular complexity index is 909. The van der Waals surface area contributed by atoms with Crippen molar-refractivity contribution in [2.75, 3.05) is 11.9 Å². The molecule has 2 aromatic rings. The SMILES string of the molecule is CCC1=NOC(CN(C(C)=O)C(=O)[C@H](C)Nc2cccc3ccccc23)C1S. The van der Waals surface area contributed by atoms with Gasteiger partial charge in [0.05, 0.1) is 17.5 Å². The number of carbonyl (C=O) groups excluding carboxylic acids is 2. The molecule has 0 aromatic heterocycles. The van der Waals surface area contributed by atoms with Crippen LogP contribution in [0.25, 0.3) is 10.8 Å². The minimum Gasteiger partial charge on any atom is -0.389 e. The molecule has 2 aromatic carbocycles. The normalized spacial score (nSPS) is 19.6.